The molecule has 7 nitrogen and oxygen atoms in total. The van der Waals surface area contributed by atoms with Crippen LogP contribution in [0, 0.1) is 0 Å². The van der Waals surface area contributed by atoms with Gasteiger partial charge >= 0.3 is 0 Å². The fourth-order valence-electron chi connectivity index (χ4n) is 4.61. The minimum Gasteiger partial charge on any atom is -0.493 e. The molecule has 0 amide bonds. The summed E-state index contributed by atoms with van der Waals surface area (Å²) < 4.78 is 5.77. The smallest absolute Gasteiger partial charge is 0.161 e. The molecule has 0 aromatic carbocycles. The van der Waals surface area contributed by atoms with E-state index in [9.17, 15) is 0 Å². The molecule has 1 N–H and O–H groups in total. The largest absolute Gasteiger partial charge is 0.493 e. The molecule has 1 saturated heterocycles. The summed E-state index contributed by atoms with van der Waals surface area (Å²) in [6.45, 7) is 4.20. The molecule has 1 saturated carbocycles. The summed E-state index contributed by atoms with van der Waals surface area (Å²) in [5.41, 5.74) is 4.90. The number of aromatic amines is 1. The number of hydrogen-bond acceptors (Lipinski definition) is 6. The number of aromatic nitrogens is 4. The van der Waals surface area contributed by atoms with Crippen molar-refractivity contribution in [3.63, 3.8) is 0 Å². The Bertz CT molecular complexity index is 1210. The van der Waals surface area contributed by atoms with Crippen molar-refractivity contribution in [2.24, 2.45) is 0 Å². The number of rotatable bonds is 4. The number of pyridine rings is 3. The van der Waals surface area contributed by atoms with Crippen LogP contribution in [0.2, 0.25) is 0 Å². The number of nitrogens with one attached hydrogen (secondary N) is 1. The third-order valence-electron chi connectivity index (χ3n) is 6.32. The number of hydrogen-bond donors (Lipinski definition) is 1. The Morgan fingerprint density at radius 1 is 1.07 bits per heavy atom. The predicted octanol–water partition coefficient (Wildman–Crippen LogP) is 3.47. The third-order valence-corrected chi connectivity index (χ3v) is 6.32. The zero-order chi connectivity index (χ0) is 20.1. The van der Waals surface area contributed by atoms with Gasteiger partial charge in [0.2, 0.25) is 0 Å². The second-order valence-corrected chi connectivity index (χ2v) is 8.13. The molecule has 0 bridgehead atoms. The Morgan fingerprint density at radius 3 is 2.67 bits per heavy atom. The van der Waals surface area contributed by atoms with Gasteiger partial charge in [0.25, 0.3) is 0 Å². The van der Waals surface area contributed by atoms with Crippen LogP contribution < -0.4 is 9.64 Å². The van der Waals surface area contributed by atoms with Gasteiger partial charge in [-0.1, -0.05) is 0 Å². The molecule has 7 heteroatoms. The number of H-pyrrole nitrogens is 1. The first-order valence-corrected chi connectivity index (χ1v) is 10.6. The fourth-order valence-corrected chi connectivity index (χ4v) is 4.61. The number of nitrogens with zero attached hydrogens (tertiary/aromatic N) is 5. The second kappa shape index (κ2) is 6.95. The average molecular weight is 400 g/mol. The van der Waals surface area contributed by atoms with Gasteiger partial charge in [-0.2, -0.15) is 0 Å². The van der Waals surface area contributed by atoms with Crippen molar-refractivity contribution in [2.45, 2.75) is 18.9 Å². The molecule has 0 atom stereocenters. The van der Waals surface area contributed by atoms with Crippen molar-refractivity contribution in [2.75, 3.05) is 38.2 Å². The molecule has 2 fully saturated rings. The van der Waals surface area contributed by atoms with Crippen LogP contribution in [0.25, 0.3) is 33.2 Å². The Balaban J connectivity index is 1.49. The van der Waals surface area contributed by atoms with Crippen LogP contribution >= 0.6 is 0 Å². The van der Waals surface area contributed by atoms with E-state index in [-0.39, 0.29) is 0 Å². The maximum atomic E-state index is 5.77. The van der Waals surface area contributed by atoms with Gasteiger partial charge in [0.1, 0.15) is 5.65 Å². The summed E-state index contributed by atoms with van der Waals surface area (Å²) in [5, 5.41) is 2.22. The second-order valence-electron chi connectivity index (χ2n) is 8.13. The quantitative estimate of drug-likeness (QED) is 0.566. The van der Waals surface area contributed by atoms with Crippen LogP contribution in [0.4, 0.5) is 5.69 Å². The summed E-state index contributed by atoms with van der Waals surface area (Å²) in [6.07, 6.45) is 10.1. The van der Waals surface area contributed by atoms with Crippen molar-refractivity contribution in [1.29, 1.82) is 0 Å². The summed E-state index contributed by atoms with van der Waals surface area (Å²) in [4.78, 5) is 22.1. The zero-order valence-electron chi connectivity index (χ0n) is 17.0. The average Bonchev–Trinajstić information content (AvgIpc) is 3.59. The van der Waals surface area contributed by atoms with E-state index in [0.29, 0.717) is 0 Å². The molecule has 152 valence electrons. The van der Waals surface area contributed by atoms with Crippen LogP contribution in [-0.4, -0.2) is 64.2 Å². The van der Waals surface area contributed by atoms with Gasteiger partial charge in [-0.05, 0) is 31.0 Å². The first kappa shape index (κ1) is 17.7. The Morgan fingerprint density at radius 2 is 1.93 bits per heavy atom. The molecule has 5 heterocycles. The van der Waals surface area contributed by atoms with Crippen LogP contribution in [0.1, 0.15) is 12.8 Å². The predicted molar refractivity (Wildman–Crippen MR) is 118 cm³/mol. The Labute approximate surface area is 174 Å². The van der Waals surface area contributed by atoms with Crippen LogP contribution in [0.5, 0.6) is 5.75 Å². The van der Waals surface area contributed by atoms with Gasteiger partial charge in [-0.3, -0.25) is 14.9 Å². The maximum Gasteiger partial charge on any atom is 0.161 e. The fraction of sp³-hybridized carbons (Fsp3) is 0.348. The lowest BCUT2D eigenvalue weighted by molar-refractivity contribution is 0.247. The van der Waals surface area contributed by atoms with Crippen LogP contribution in [-0.2, 0) is 0 Å². The van der Waals surface area contributed by atoms with Gasteiger partial charge in [0.15, 0.2) is 5.75 Å². The summed E-state index contributed by atoms with van der Waals surface area (Å²) in [7, 11) is 1.73. The van der Waals surface area contributed by atoms with Crippen molar-refractivity contribution in [3.8, 4) is 17.0 Å². The minimum atomic E-state index is 0.813. The molecule has 1 aliphatic carbocycles. The van der Waals surface area contributed by atoms with E-state index in [1.807, 2.05) is 30.7 Å². The number of methoxy groups -OCH3 is 1. The van der Waals surface area contributed by atoms with Gasteiger partial charge in [0.05, 0.1) is 41.8 Å². The topological polar surface area (TPSA) is 70.2 Å². The van der Waals surface area contributed by atoms with Crippen molar-refractivity contribution >= 4 is 27.6 Å². The lowest BCUT2D eigenvalue weighted by atomic mass is 10.1. The van der Waals surface area contributed by atoms with E-state index < -0.39 is 0 Å². The Kier molecular flexibility index (Phi) is 4.09. The van der Waals surface area contributed by atoms with Crippen LogP contribution in [0.15, 0.2) is 43.0 Å². The lowest BCUT2D eigenvalue weighted by Gasteiger charge is -2.37. The molecule has 4 aromatic rings. The SMILES string of the molecule is COc1cnc2[nH]c3cnc(-c4cccnc4)cc3c2c1N1CCN(C2CC2)CC1. The monoisotopic (exact) mass is 400 g/mol. The molecular formula is C23H24N6O. The first-order chi connectivity index (χ1) is 14.8. The normalized spacial score (nSPS) is 17.7. The highest BCUT2D eigenvalue weighted by molar-refractivity contribution is 6.14. The summed E-state index contributed by atoms with van der Waals surface area (Å²) in [5.74, 6) is 0.822. The summed E-state index contributed by atoms with van der Waals surface area (Å²) >= 11 is 0. The minimum absolute atomic E-state index is 0.813. The number of fused-ring (bicyclic) bond motifs is 3. The highest BCUT2D eigenvalue weighted by Crippen LogP contribution is 2.41. The third kappa shape index (κ3) is 2.89. The van der Waals surface area contributed by atoms with Crippen LogP contribution in [0.3, 0.4) is 0 Å². The standard InChI is InChI=1S/C23H24N6O/c1-30-20-14-26-23-21(22(20)29-9-7-28(8-10-29)16-4-5-16)17-11-18(25-13-19(17)27-23)15-3-2-6-24-12-15/h2-3,6,11-14,16H,4-5,7-10H2,1H3,(H,26,27). The van der Waals surface area contributed by atoms with Crippen molar-refractivity contribution in [3.05, 3.63) is 43.0 Å². The maximum absolute atomic E-state index is 5.77. The van der Waals surface area contributed by atoms with Gasteiger partial charge < -0.3 is 14.6 Å². The van der Waals surface area contributed by atoms with E-state index in [1.165, 1.54) is 12.8 Å². The van der Waals surface area contributed by atoms with Gasteiger partial charge in [0, 0.05) is 55.6 Å². The molecular weight excluding hydrogens is 376 g/mol. The number of anilines is 1. The zero-order valence-corrected chi connectivity index (χ0v) is 17.0. The molecule has 4 aromatic heterocycles. The molecule has 0 unspecified atom stereocenters. The van der Waals surface area contributed by atoms with E-state index in [4.69, 9.17) is 4.74 Å². The van der Waals surface area contributed by atoms with Gasteiger partial charge in [-0.25, -0.2) is 4.98 Å². The molecule has 0 spiro atoms. The van der Waals surface area contributed by atoms with E-state index in [2.05, 4.69) is 35.8 Å². The van der Waals surface area contributed by atoms with E-state index in [1.54, 1.807) is 13.3 Å². The molecule has 6 rings (SSSR count). The summed E-state index contributed by atoms with van der Waals surface area (Å²) in [6, 6.07) is 6.92. The first-order valence-electron chi connectivity index (χ1n) is 10.6. The van der Waals surface area contributed by atoms with E-state index >= 15 is 0 Å². The van der Waals surface area contributed by atoms with Gasteiger partial charge in [-0.15, -0.1) is 0 Å². The van der Waals surface area contributed by atoms with E-state index in [0.717, 1.165) is 76.9 Å². The molecule has 2 aliphatic rings. The Hall–Kier alpha value is -3.19. The lowest BCUT2D eigenvalue weighted by Crippen LogP contribution is -2.47. The van der Waals surface area contributed by atoms with Crippen molar-refractivity contribution in [1.82, 2.24) is 24.8 Å². The highest BCUT2D eigenvalue weighted by atomic mass is 16.5. The van der Waals surface area contributed by atoms with Crippen molar-refractivity contribution < 1.29 is 4.74 Å². The number of piperazine rings is 1. The molecule has 30 heavy (non-hydrogen) atoms. The molecule has 1 aliphatic heterocycles. The number of ether oxygens (including phenoxy) is 1. The highest BCUT2D eigenvalue weighted by Gasteiger charge is 2.32. The molecule has 0 radical (unpaired) electrons.